The van der Waals surface area contributed by atoms with Crippen LogP contribution in [-0.2, 0) is 19.2 Å². The Labute approximate surface area is 200 Å². The average molecular weight is 471 g/mol. The fourth-order valence-electron chi connectivity index (χ4n) is 2.48. The van der Waals surface area contributed by atoms with E-state index < -0.39 is 0 Å². The van der Waals surface area contributed by atoms with E-state index in [1.165, 1.54) is 21.5 Å². The van der Waals surface area contributed by atoms with Crippen molar-refractivity contribution in [2.24, 2.45) is 0 Å². The third kappa shape index (κ3) is 10.7. The van der Waals surface area contributed by atoms with Crippen LogP contribution in [0.1, 0.15) is 0 Å². The zero-order valence-corrected chi connectivity index (χ0v) is 20.5. The van der Waals surface area contributed by atoms with Gasteiger partial charge >= 0.3 is 26.8 Å². The number of benzene rings is 3. The molecule has 0 aromatic heterocycles. The van der Waals surface area contributed by atoms with Crippen molar-refractivity contribution >= 4 is 54.0 Å². The Bertz CT molecular complexity index is 840. The number of hydrogen-bond acceptors (Lipinski definition) is 0. The van der Waals surface area contributed by atoms with Gasteiger partial charge in [-0.05, 0) is 0 Å². The molecule has 0 amide bonds. The molecule has 4 heteroatoms. The number of hydrogen-bond donors (Lipinski definition) is 0. The Morgan fingerprint density at radius 3 is 1.31 bits per heavy atom. The molecule has 5 aromatic carbocycles. The van der Waals surface area contributed by atoms with Crippen molar-refractivity contribution < 1.29 is 19.2 Å². The molecule has 5 aromatic rings. The topological polar surface area (TPSA) is 0 Å². The first kappa shape index (κ1) is 29.6. The molecule has 0 spiro atoms. The average Bonchev–Trinajstić information content (AvgIpc) is 3.41. The van der Waals surface area contributed by atoms with Crippen LogP contribution in [0.25, 0.3) is 21.5 Å². The Kier molecular flexibility index (Phi) is 18.8. The standard InChI is InChI=1S/2C9H7.C6H5.CH3.2ClH.Si.Ti/c2*1-2-5-9-7-3-6-8(9)4-1;1-2-4-6-5-3-1;;;;;/h2*1-7H;1-5H;1H3;2*1H;;/q4*-1;;;;. The SMILES string of the molecule is Cl.Cl.[CH3-].[Si]=[Ti].[c-]1ccccc1.c1ccc2[cH-]ccc2c1.c1ccc2[cH-]ccc2c1. The van der Waals surface area contributed by atoms with Crippen LogP contribution in [0.5, 0.6) is 0 Å². The van der Waals surface area contributed by atoms with Gasteiger partial charge < -0.3 is 7.43 Å². The van der Waals surface area contributed by atoms with Crippen LogP contribution < -0.4 is 0 Å². The Hall–Kier alpha value is -1.61. The molecule has 0 saturated heterocycles. The molecular formula is C25H24Cl2SiTi-4. The molecule has 0 N–H and O–H groups in total. The van der Waals surface area contributed by atoms with Crippen molar-refractivity contribution in [1.29, 1.82) is 0 Å². The van der Waals surface area contributed by atoms with Gasteiger partial charge in [0.05, 0.1) is 0 Å². The molecule has 0 nitrogen and oxygen atoms in total. The van der Waals surface area contributed by atoms with E-state index in [1.807, 2.05) is 30.3 Å². The molecule has 0 heterocycles. The van der Waals surface area contributed by atoms with Gasteiger partial charge in [-0.1, -0.05) is 12.1 Å². The van der Waals surface area contributed by atoms with Gasteiger partial charge in [0, 0.05) is 0 Å². The van der Waals surface area contributed by atoms with E-state index in [0.29, 0.717) is 0 Å². The summed E-state index contributed by atoms with van der Waals surface area (Å²) in [5, 5.41) is 5.32. The molecule has 5 rings (SSSR count). The van der Waals surface area contributed by atoms with Crippen molar-refractivity contribution in [3.63, 3.8) is 0 Å². The summed E-state index contributed by atoms with van der Waals surface area (Å²) in [5.74, 6) is 0. The third-order valence-corrected chi connectivity index (χ3v) is 3.70. The smallest absolute Gasteiger partial charge is 0.0809 e. The molecule has 0 aliphatic carbocycles. The molecule has 0 saturated carbocycles. The first-order valence-corrected chi connectivity index (χ1v) is 11.1. The third-order valence-electron chi connectivity index (χ3n) is 3.70. The fourth-order valence-corrected chi connectivity index (χ4v) is 2.48. The second-order valence-corrected chi connectivity index (χ2v) is 5.39. The van der Waals surface area contributed by atoms with Gasteiger partial charge in [-0.25, -0.2) is 0 Å². The van der Waals surface area contributed by atoms with Crippen molar-refractivity contribution in [3.05, 3.63) is 129 Å². The van der Waals surface area contributed by atoms with Crippen LogP contribution in [0.2, 0.25) is 0 Å². The number of fused-ring (bicyclic) bond motifs is 2. The van der Waals surface area contributed by atoms with E-state index in [4.69, 9.17) is 0 Å². The van der Waals surface area contributed by atoms with E-state index in [0.717, 1.165) is 0 Å². The van der Waals surface area contributed by atoms with Crippen molar-refractivity contribution in [2.45, 2.75) is 0 Å². The summed E-state index contributed by atoms with van der Waals surface area (Å²) in [6.45, 7) is 0. The molecule has 29 heavy (non-hydrogen) atoms. The van der Waals surface area contributed by atoms with Crippen molar-refractivity contribution in [3.8, 4) is 0 Å². The summed E-state index contributed by atoms with van der Waals surface area (Å²) in [4.78, 5) is 0. The maximum Gasteiger partial charge on any atom is -0.0809 e. The minimum atomic E-state index is 0. The van der Waals surface area contributed by atoms with E-state index in [9.17, 15) is 0 Å². The van der Waals surface area contributed by atoms with Crippen LogP contribution in [0.15, 0.2) is 115 Å². The van der Waals surface area contributed by atoms with Crippen LogP contribution in [0.3, 0.4) is 0 Å². The van der Waals surface area contributed by atoms with Gasteiger partial charge in [-0.3, -0.25) is 0 Å². The second-order valence-electron chi connectivity index (χ2n) is 5.39. The van der Waals surface area contributed by atoms with E-state index >= 15 is 0 Å². The van der Waals surface area contributed by atoms with Gasteiger partial charge in [-0.2, -0.15) is 71.4 Å². The summed E-state index contributed by atoms with van der Waals surface area (Å²) in [6, 6.07) is 41.8. The molecule has 0 aliphatic rings. The minimum absolute atomic E-state index is 0. The van der Waals surface area contributed by atoms with Crippen LogP contribution in [-0.4, -0.2) is 7.63 Å². The molecule has 0 aliphatic heterocycles. The number of halogens is 2. The Balaban J connectivity index is 0. The normalized spacial score (nSPS) is 8.10. The summed E-state index contributed by atoms with van der Waals surface area (Å²) >= 11 is 1.81. The Morgan fingerprint density at radius 2 is 1.00 bits per heavy atom. The molecule has 0 unspecified atom stereocenters. The fraction of sp³-hybridized carbons (Fsp3) is 0. The summed E-state index contributed by atoms with van der Waals surface area (Å²) in [5.41, 5.74) is 0. The van der Waals surface area contributed by atoms with Gasteiger partial charge in [0.15, 0.2) is 0 Å². The van der Waals surface area contributed by atoms with E-state index in [-0.39, 0.29) is 32.2 Å². The van der Waals surface area contributed by atoms with E-state index in [1.54, 1.807) is 19.2 Å². The van der Waals surface area contributed by atoms with Gasteiger partial charge in [0.1, 0.15) is 0 Å². The monoisotopic (exact) mass is 470 g/mol. The van der Waals surface area contributed by atoms with Gasteiger partial charge in [-0.15, -0.1) is 84.1 Å². The molecule has 0 fully saturated rings. The molecular weight excluding hydrogens is 447 g/mol. The largest absolute Gasteiger partial charge is 0.184 e. The molecule has 0 atom stereocenters. The molecule has 2 radical (unpaired) electrons. The van der Waals surface area contributed by atoms with Crippen LogP contribution in [0, 0.1) is 13.5 Å². The number of rotatable bonds is 0. The van der Waals surface area contributed by atoms with Gasteiger partial charge in [0.25, 0.3) is 0 Å². The predicted molar refractivity (Wildman–Crippen MR) is 131 cm³/mol. The molecule has 0 bridgehead atoms. The second kappa shape index (κ2) is 18.4. The van der Waals surface area contributed by atoms with Crippen molar-refractivity contribution in [2.75, 3.05) is 0 Å². The van der Waals surface area contributed by atoms with Gasteiger partial charge in [0.2, 0.25) is 0 Å². The first-order chi connectivity index (χ1) is 12.9. The minimum Gasteiger partial charge on any atom is -0.184 e. The molecule has 150 valence electrons. The Morgan fingerprint density at radius 1 is 0.586 bits per heavy atom. The van der Waals surface area contributed by atoms with Crippen LogP contribution >= 0.6 is 24.8 Å². The predicted octanol–water partition coefficient (Wildman–Crippen LogP) is 7.51. The maximum absolute atomic E-state index is 2.97. The van der Waals surface area contributed by atoms with Crippen LogP contribution in [0.4, 0.5) is 0 Å². The summed E-state index contributed by atoms with van der Waals surface area (Å²) < 4.78 is 0. The first-order valence-electron chi connectivity index (χ1n) is 8.30. The summed E-state index contributed by atoms with van der Waals surface area (Å²) in [6.07, 6.45) is 0. The zero-order chi connectivity index (χ0) is 18.5. The zero-order valence-electron chi connectivity index (χ0n) is 16.3. The van der Waals surface area contributed by atoms with Crippen molar-refractivity contribution in [1.82, 2.24) is 0 Å². The summed E-state index contributed by atoms with van der Waals surface area (Å²) in [7, 11) is 2.97. The van der Waals surface area contributed by atoms with E-state index in [2.05, 4.69) is 98.6 Å². The quantitative estimate of drug-likeness (QED) is 0.162. The maximum atomic E-state index is 2.97.